The standard InChI is InChI=1S/C27H32ClNO6/c1-26(2)9-16-23(18(30)11-26)22(14-7-15(28)25(35-6)20(8-14)34-5)24-17(29(16)13-21(32)33)10-27(3,4)12-19(24)31/h7-8,22H,9-13H2,1-6H3,(H,32,33). The second-order valence-corrected chi connectivity index (χ2v) is 11.7. The van der Waals surface area contributed by atoms with Crippen molar-refractivity contribution in [2.45, 2.75) is 59.3 Å². The molecule has 0 atom stereocenters. The first kappa shape index (κ1) is 25.3. The normalized spacial score (nSPS) is 21.6. The van der Waals surface area contributed by atoms with Crippen LogP contribution in [-0.2, 0) is 14.4 Å². The van der Waals surface area contributed by atoms with Crippen LogP contribution in [0, 0.1) is 10.8 Å². The molecule has 0 fully saturated rings. The predicted octanol–water partition coefficient (Wildman–Crippen LogP) is 5.13. The van der Waals surface area contributed by atoms with Crippen LogP contribution in [0.25, 0.3) is 0 Å². The number of carbonyl (C=O) groups excluding carboxylic acids is 2. The van der Waals surface area contributed by atoms with E-state index in [1.807, 2.05) is 27.7 Å². The molecule has 4 rings (SSSR count). The minimum Gasteiger partial charge on any atom is -0.493 e. The molecule has 1 heterocycles. The van der Waals surface area contributed by atoms with E-state index in [9.17, 15) is 19.5 Å². The van der Waals surface area contributed by atoms with Crippen LogP contribution in [0.1, 0.15) is 64.9 Å². The number of carbonyl (C=O) groups is 3. The summed E-state index contributed by atoms with van der Waals surface area (Å²) < 4.78 is 10.9. The average molecular weight is 502 g/mol. The molecule has 8 heteroatoms. The van der Waals surface area contributed by atoms with Crippen molar-refractivity contribution >= 4 is 29.1 Å². The van der Waals surface area contributed by atoms with Gasteiger partial charge in [-0.3, -0.25) is 14.4 Å². The van der Waals surface area contributed by atoms with Gasteiger partial charge in [-0.05, 0) is 41.4 Å². The molecule has 7 nitrogen and oxygen atoms in total. The van der Waals surface area contributed by atoms with Crippen molar-refractivity contribution in [3.63, 3.8) is 0 Å². The highest BCUT2D eigenvalue weighted by molar-refractivity contribution is 6.32. The summed E-state index contributed by atoms with van der Waals surface area (Å²) in [6.07, 6.45) is 1.69. The van der Waals surface area contributed by atoms with Gasteiger partial charge in [-0.15, -0.1) is 0 Å². The van der Waals surface area contributed by atoms with Gasteiger partial charge in [-0.1, -0.05) is 39.3 Å². The molecule has 1 aromatic carbocycles. The number of carboxylic acid groups (broad SMARTS) is 1. The van der Waals surface area contributed by atoms with Crippen molar-refractivity contribution < 1.29 is 29.0 Å². The fourth-order valence-corrected chi connectivity index (χ4v) is 6.11. The third kappa shape index (κ3) is 4.46. The molecular formula is C27H32ClNO6. The molecule has 0 amide bonds. The third-order valence-electron chi connectivity index (χ3n) is 7.10. The largest absolute Gasteiger partial charge is 0.493 e. The Morgan fingerprint density at radius 3 is 1.91 bits per heavy atom. The number of hydrogen-bond acceptors (Lipinski definition) is 6. The number of methoxy groups -OCH3 is 2. The minimum absolute atomic E-state index is 0.0771. The van der Waals surface area contributed by atoms with Crippen LogP contribution in [0.15, 0.2) is 34.7 Å². The van der Waals surface area contributed by atoms with E-state index in [0.29, 0.717) is 70.3 Å². The Morgan fingerprint density at radius 2 is 1.49 bits per heavy atom. The van der Waals surface area contributed by atoms with E-state index in [0.717, 1.165) is 0 Å². The number of Topliss-reactive ketones (excluding diaryl/α,β-unsaturated/α-hetero) is 2. The van der Waals surface area contributed by atoms with E-state index in [2.05, 4.69) is 0 Å². The summed E-state index contributed by atoms with van der Waals surface area (Å²) in [6, 6.07) is 3.48. The van der Waals surface area contributed by atoms with Crippen LogP contribution >= 0.6 is 11.6 Å². The van der Waals surface area contributed by atoms with E-state index in [4.69, 9.17) is 21.1 Å². The lowest BCUT2D eigenvalue weighted by atomic mass is 9.63. The summed E-state index contributed by atoms with van der Waals surface area (Å²) in [5, 5.41) is 10.1. The summed E-state index contributed by atoms with van der Waals surface area (Å²) in [7, 11) is 3.00. The number of rotatable bonds is 5. The lowest BCUT2D eigenvalue weighted by molar-refractivity contribution is -0.138. The fourth-order valence-electron chi connectivity index (χ4n) is 5.81. The predicted molar refractivity (Wildman–Crippen MR) is 132 cm³/mol. The van der Waals surface area contributed by atoms with E-state index >= 15 is 0 Å². The molecule has 1 aliphatic heterocycles. The quantitative estimate of drug-likeness (QED) is 0.598. The van der Waals surface area contributed by atoms with Gasteiger partial charge in [0.05, 0.1) is 19.2 Å². The van der Waals surface area contributed by atoms with E-state index < -0.39 is 11.9 Å². The monoisotopic (exact) mass is 501 g/mol. The summed E-state index contributed by atoms with van der Waals surface area (Å²) in [5.74, 6) is -1.03. The third-order valence-corrected chi connectivity index (χ3v) is 7.39. The molecule has 2 aliphatic carbocycles. The van der Waals surface area contributed by atoms with Gasteiger partial charge >= 0.3 is 5.97 Å². The fraction of sp³-hybridized carbons (Fsp3) is 0.519. The highest BCUT2D eigenvalue weighted by Crippen LogP contribution is 2.55. The Hall–Kier alpha value is -2.80. The molecule has 0 aromatic heterocycles. The molecule has 188 valence electrons. The Morgan fingerprint density at radius 1 is 0.971 bits per heavy atom. The molecule has 0 spiro atoms. The SMILES string of the molecule is COc1cc(C2C3=C(CC(C)(C)CC3=O)N(CC(=O)O)C3=C2C(=O)CC(C)(C)C3)cc(Cl)c1OC. The lowest BCUT2D eigenvalue weighted by Crippen LogP contribution is -2.45. The van der Waals surface area contributed by atoms with E-state index in [1.54, 1.807) is 17.0 Å². The first-order chi connectivity index (χ1) is 16.3. The highest BCUT2D eigenvalue weighted by atomic mass is 35.5. The van der Waals surface area contributed by atoms with Crippen LogP contribution in [0.4, 0.5) is 0 Å². The lowest BCUT2D eigenvalue weighted by Gasteiger charge is -2.48. The van der Waals surface area contributed by atoms with Crippen LogP contribution in [0.2, 0.25) is 5.02 Å². The van der Waals surface area contributed by atoms with Crippen molar-refractivity contribution in [1.82, 2.24) is 4.90 Å². The summed E-state index contributed by atoms with van der Waals surface area (Å²) in [4.78, 5) is 41.0. The summed E-state index contributed by atoms with van der Waals surface area (Å²) in [6.45, 7) is 7.74. The number of benzene rings is 1. The summed E-state index contributed by atoms with van der Waals surface area (Å²) >= 11 is 6.55. The topological polar surface area (TPSA) is 93.1 Å². The first-order valence-corrected chi connectivity index (χ1v) is 12.1. The van der Waals surface area contributed by atoms with Gasteiger partial charge in [0.15, 0.2) is 23.1 Å². The van der Waals surface area contributed by atoms with Crippen molar-refractivity contribution in [2.75, 3.05) is 20.8 Å². The second-order valence-electron chi connectivity index (χ2n) is 11.3. The maximum absolute atomic E-state index is 13.7. The number of ketones is 2. The maximum Gasteiger partial charge on any atom is 0.323 e. The van der Waals surface area contributed by atoms with Gasteiger partial charge in [0.1, 0.15) is 6.54 Å². The second kappa shape index (κ2) is 8.70. The number of allylic oxidation sites excluding steroid dienone is 4. The van der Waals surface area contributed by atoms with Gasteiger partial charge < -0.3 is 19.5 Å². The molecule has 1 N–H and O–H groups in total. The van der Waals surface area contributed by atoms with Crippen molar-refractivity contribution in [3.8, 4) is 11.5 Å². The van der Waals surface area contributed by atoms with Gasteiger partial charge in [-0.25, -0.2) is 0 Å². The maximum atomic E-state index is 13.7. The number of halogens is 1. The summed E-state index contributed by atoms with van der Waals surface area (Å²) in [5.41, 5.74) is 2.34. The smallest absolute Gasteiger partial charge is 0.323 e. The molecule has 35 heavy (non-hydrogen) atoms. The molecule has 0 radical (unpaired) electrons. The van der Waals surface area contributed by atoms with Crippen LogP contribution in [0.3, 0.4) is 0 Å². The zero-order chi connectivity index (χ0) is 25.9. The molecule has 0 unspecified atom stereocenters. The van der Waals surface area contributed by atoms with Crippen molar-refractivity contribution in [2.24, 2.45) is 10.8 Å². The van der Waals surface area contributed by atoms with Crippen molar-refractivity contribution in [3.05, 3.63) is 45.3 Å². The first-order valence-electron chi connectivity index (χ1n) is 11.7. The molecule has 0 saturated carbocycles. The molecule has 0 bridgehead atoms. The molecule has 1 aromatic rings. The number of hydrogen-bond donors (Lipinski definition) is 1. The number of nitrogens with zero attached hydrogens (tertiary/aromatic N) is 1. The number of aliphatic carboxylic acids is 1. The Balaban J connectivity index is 2.04. The van der Waals surface area contributed by atoms with Crippen molar-refractivity contribution in [1.29, 1.82) is 0 Å². The number of carboxylic acids is 1. The molecule has 3 aliphatic rings. The highest BCUT2D eigenvalue weighted by Gasteiger charge is 2.49. The Bertz CT molecular complexity index is 1140. The zero-order valence-electron chi connectivity index (χ0n) is 21.1. The van der Waals surface area contributed by atoms with Gasteiger partial charge in [-0.2, -0.15) is 0 Å². The average Bonchev–Trinajstić information content (AvgIpc) is 2.72. The molecular weight excluding hydrogens is 470 g/mol. The van der Waals surface area contributed by atoms with Gasteiger partial charge in [0, 0.05) is 41.3 Å². The van der Waals surface area contributed by atoms with Crippen LogP contribution in [-0.4, -0.2) is 48.3 Å². The molecule has 0 saturated heterocycles. The van der Waals surface area contributed by atoms with Crippen LogP contribution < -0.4 is 9.47 Å². The van der Waals surface area contributed by atoms with E-state index in [-0.39, 0.29) is 28.9 Å². The van der Waals surface area contributed by atoms with E-state index in [1.165, 1.54) is 14.2 Å². The Labute approximate surface area is 210 Å². The van der Waals surface area contributed by atoms with Crippen LogP contribution in [0.5, 0.6) is 11.5 Å². The number of ether oxygens (including phenoxy) is 2. The Kier molecular flexibility index (Phi) is 6.29. The zero-order valence-corrected chi connectivity index (χ0v) is 21.8. The minimum atomic E-state index is -1.01. The van der Waals surface area contributed by atoms with Gasteiger partial charge in [0.2, 0.25) is 0 Å². The van der Waals surface area contributed by atoms with Gasteiger partial charge in [0.25, 0.3) is 0 Å².